The number of hydrogen-bond donors (Lipinski definition) is 1. The maximum absolute atomic E-state index is 13.2. The Morgan fingerprint density at radius 3 is 2.50 bits per heavy atom. The molecule has 0 aliphatic rings. The number of nitrogens with zero attached hydrogens (tertiary/aromatic N) is 3. The summed E-state index contributed by atoms with van der Waals surface area (Å²) < 4.78 is 2.38. The molecule has 0 spiro atoms. The Bertz CT molecular complexity index is 1150. The zero-order valence-corrected chi connectivity index (χ0v) is 16.5. The molecule has 0 saturated heterocycles. The molecule has 0 bridgehead atoms. The Kier molecular flexibility index (Phi) is 5.44. The lowest BCUT2D eigenvalue weighted by atomic mass is 10.1. The molecule has 2 aromatic heterocycles. The van der Waals surface area contributed by atoms with Crippen molar-refractivity contribution in [3.63, 3.8) is 0 Å². The van der Waals surface area contributed by atoms with Gasteiger partial charge < -0.3 is 5.32 Å². The van der Waals surface area contributed by atoms with E-state index in [1.165, 1.54) is 4.57 Å². The number of carbonyl (C=O) groups is 1. The van der Waals surface area contributed by atoms with Crippen LogP contribution in [0.3, 0.4) is 0 Å². The van der Waals surface area contributed by atoms with Crippen molar-refractivity contribution in [2.45, 2.75) is 46.7 Å². The number of nitrogens with one attached hydrogen (secondary N) is 1. The van der Waals surface area contributed by atoms with Crippen molar-refractivity contribution in [3.8, 4) is 5.69 Å². The molecule has 1 amide bonds. The van der Waals surface area contributed by atoms with Crippen LogP contribution in [-0.2, 0) is 11.3 Å². The Balaban J connectivity index is 2.30. The Hall–Kier alpha value is -3.22. The average molecular weight is 380 g/mol. The van der Waals surface area contributed by atoms with E-state index in [-0.39, 0.29) is 18.5 Å². The maximum atomic E-state index is 13.2. The van der Waals surface area contributed by atoms with Crippen LogP contribution >= 0.6 is 0 Å². The molecule has 2 heterocycles. The summed E-state index contributed by atoms with van der Waals surface area (Å²) in [7, 11) is 0. The van der Waals surface area contributed by atoms with Crippen LogP contribution in [0.2, 0.25) is 0 Å². The van der Waals surface area contributed by atoms with Gasteiger partial charge in [0.05, 0.1) is 11.1 Å². The minimum absolute atomic E-state index is 0.0361. The topological polar surface area (TPSA) is 86.0 Å². The van der Waals surface area contributed by atoms with Gasteiger partial charge >= 0.3 is 5.69 Å². The number of fused-ring (bicyclic) bond motifs is 1. The monoisotopic (exact) mass is 380 g/mol. The molecule has 0 unspecified atom stereocenters. The van der Waals surface area contributed by atoms with Crippen LogP contribution in [0.4, 0.5) is 0 Å². The minimum Gasteiger partial charge on any atom is -0.352 e. The van der Waals surface area contributed by atoms with Crippen molar-refractivity contribution < 1.29 is 4.79 Å². The lowest BCUT2D eigenvalue weighted by Crippen LogP contribution is -2.45. The third-order valence-electron chi connectivity index (χ3n) is 4.75. The van der Waals surface area contributed by atoms with E-state index in [0.717, 1.165) is 11.0 Å². The van der Waals surface area contributed by atoms with E-state index in [1.54, 1.807) is 30.3 Å². The highest BCUT2D eigenvalue weighted by atomic mass is 16.2. The van der Waals surface area contributed by atoms with Crippen LogP contribution in [0, 0.1) is 13.8 Å². The highest BCUT2D eigenvalue weighted by molar-refractivity contribution is 5.81. The van der Waals surface area contributed by atoms with E-state index in [2.05, 4.69) is 10.3 Å². The first-order valence-corrected chi connectivity index (χ1v) is 9.32. The van der Waals surface area contributed by atoms with Crippen molar-refractivity contribution in [1.82, 2.24) is 19.4 Å². The number of rotatable bonds is 5. The molecule has 3 aromatic rings. The Labute approximate surface area is 162 Å². The van der Waals surface area contributed by atoms with Crippen molar-refractivity contribution in [1.29, 1.82) is 0 Å². The van der Waals surface area contributed by atoms with Crippen LogP contribution in [0.1, 0.15) is 31.5 Å². The molecular weight excluding hydrogens is 356 g/mol. The number of carbonyl (C=O) groups excluding carboxylic acids is 1. The highest BCUT2D eigenvalue weighted by Gasteiger charge is 2.19. The molecule has 0 fully saturated rings. The van der Waals surface area contributed by atoms with Gasteiger partial charge in [-0.15, -0.1) is 0 Å². The number of benzene rings is 1. The predicted molar refractivity (Wildman–Crippen MR) is 109 cm³/mol. The second kappa shape index (κ2) is 7.80. The van der Waals surface area contributed by atoms with E-state index in [9.17, 15) is 14.4 Å². The molecule has 28 heavy (non-hydrogen) atoms. The van der Waals surface area contributed by atoms with Gasteiger partial charge in [0.15, 0.2) is 5.65 Å². The highest BCUT2D eigenvalue weighted by Crippen LogP contribution is 2.16. The number of aromatic nitrogens is 3. The average Bonchev–Trinajstić information content (AvgIpc) is 2.65. The smallest absolute Gasteiger partial charge is 0.337 e. The molecule has 3 rings (SSSR count). The summed E-state index contributed by atoms with van der Waals surface area (Å²) in [5.41, 5.74) is 1.23. The van der Waals surface area contributed by atoms with Gasteiger partial charge in [0.2, 0.25) is 5.91 Å². The second-order valence-corrected chi connectivity index (χ2v) is 7.00. The summed E-state index contributed by atoms with van der Waals surface area (Å²) in [6.45, 7) is 7.12. The van der Waals surface area contributed by atoms with Crippen LogP contribution in [0.15, 0.2) is 46.0 Å². The van der Waals surface area contributed by atoms with Crippen LogP contribution < -0.4 is 16.6 Å². The molecular formula is C21H24N4O3. The summed E-state index contributed by atoms with van der Waals surface area (Å²) in [4.78, 5) is 43.1. The third-order valence-corrected chi connectivity index (χ3v) is 4.75. The van der Waals surface area contributed by atoms with E-state index < -0.39 is 11.2 Å². The van der Waals surface area contributed by atoms with Gasteiger partial charge in [0.25, 0.3) is 5.56 Å². The number of amides is 1. The fourth-order valence-electron chi connectivity index (χ4n) is 3.19. The quantitative estimate of drug-likeness (QED) is 0.734. The lowest BCUT2D eigenvalue weighted by molar-refractivity contribution is -0.122. The van der Waals surface area contributed by atoms with E-state index in [4.69, 9.17) is 0 Å². The molecule has 7 nitrogen and oxygen atoms in total. The summed E-state index contributed by atoms with van der Waals surface area (Å²) in [6, 6.07) is 10.8. The minimum atomic E-state index is -0.583. The number of para-hydroxylation sites is 1. The van der Waals surface area contributed by atoms with Gasteiger partial charge in [-0.3, -0.25) is 9.59 Å². The number of pyridine rings is 1. The van der Waals surface area contributed by atoms with Gasteiger partial charge in [-0.05, 0) is 51.0 Å². The molecule has 0 aliphatic heterocycles. The molecule has 0 radical (unpaired) electrons. The SMILES string of the molecule is CC[C@@H](C)NC(=O)Cn1c(=O)c2c(C)cc(C)nc2n(-c2ccccc2)c1=O. The zero-order chi connectivity index (χ0) is 20.4. The maximum Gasteiger partial charge on any atom is 0.337 e. The van der Waals surface area contributed by atoms with Crippen molar-refractivity contribution in [3.05, 3.63) is 68.5 Å². The predicted octanol–water partition coefficient (Wildman–Crippen LogP) is 2.08. The first-order chi connectivity index (χ1) is 13.3. The first kappa shape index (κ1) is 19.5. The van der Waals surface area contributed by atoms with Gasteiger partial charge in [-0.25, -0.2) is 18.9 Å². The molecule has 1 aromatic carbocycles. The van der Waals surface area contributed by atoms with Crippen LogP contribution in [0.5, 0.6) is 0 Å². The number of hydrogen-bond acceptors (Lipinski definition) is 4. The van der Waals surface area contributed by atoms with Crippen LogP contribution in [-0.4, -0.2) is 26.1 Å². The Morgan fingerprint density at radius 2 is 1.86 bits per heavy atom. The largest absolute Gasteiger partial charge is 0.352 e. The molecule has 1 N–H and O–H groups in total. The molecule has 0 aliphatic carbocycles. The fraction of sp³-hybridized carbons (Fsp3) is 0.333. The van der Waals surface area contributed by atoms with Gasteiger partial charge in [-0.2, -0.15) is 0 Å². The second-order valence-electron chi connectivity index (χ2n) is 7.00. The molecule has 146 valence electrons. The van der Waals surface area contributed by atoms with Gasteiger partial charge in [0, 0.05) is 11.7 Å². The van der Waals surface area contributed by atoms with Crippen LogP contribution in [0.25, 0.3) is 16.7 Å². The first-order valence-electron chi connectivity index (χ1n) is 9.32. The normalized spacial score (nSPS) is 12.1. The lowest BCUT2D eigenvalue weighted by Gasteiger charge is -2.16. The summed E-state index contributed by atoms with van der Waals surface area (Å²) >= 11 is 0. The van der Waals surface area contributed by atoms with Crippen molar-refractivity contribution in [2.24, 2.45) is 0 Å². The summed E-state index contributed by atoms with van der Waals surface area (Å²) in [5, 5.41) is 3.14. The van der Waals surface area contributed by atoms with E-state index in [1.807, 2.05) is 33.8 Å². The molecule has 7 heteroatoms. The summed E-state index contributed by atoms with van der Waals surface area (Å²) in [5.74, 6) is -0.370. The van der Waals surface area contributed by atoms with Gasteiger partial charge in [0.1, 0.15) is 6.54 Å². The number of aryl methyl sites for hydroxylation is 2. The fourth-order valence-corrected chi connectivity index (χ4v) is 3.19. The van der Waals surface area contributed by atoms with Crippen molar-refractivity contribution in [2.75, 3.05) is 0 Å². The van der Waals surface area contributed by atoms with E-state index in [0.29, 0.717) is 28.0 Å². The standard InChI is InChI=1S/C21H24N4O3/c1-5-14(3)22-17(26)12-24-20(27)18-13(2)11-15(4)23-19(18)25(21(24)28)16-9-7-6-8-10-16/h6-11,14H,5,12H2,1-4H3,(H,22,26)/t14-/m1/s1. The van der Waals surface area contributed by atoms with Crippen molar-refractivity contribution >= 4 is 16.9 Å². The van der Waals surface area contributed by atoms with Gasteiger partial charge in [-0.1, -0.05) is 25.1 Å². The Morgan fingerprint density at radius 1 is 1.18 bits per heavy atom. The molecule has 0 saturated carbocycles. The van der Waals surface area contributed by atoms with E-state index >= 15 is 0 Å². The molecule has 1 atom stereocenters. The summed E-state index contributed by atoms with van der Waals surface area (Å²) in [6.07, 6.45) is 0.759. The zero-order valence-electron chi connectivity index (χ0n) is 16.5. The third kappa shape index (κ3) is 3.60.